The second-order valence-electron chi connectivity index (χ2n) is 5.72. The Morgan fingerprint density at radius 2 is 1.62 bits per heavy atom. The van der Waals surface area contributed by atoms with Gasteiger partial charge in [0.05, 0.1) is 19.3 Å². The van der Waals surface area contributed by atoms with Gasteiger partial charge in [0.1, 0.15) is 5.75 Å². The van der Waals surface area contributed by atoms with Crippen LogP contribution in [0.3, 0.4) is 0 Å². The van der Waals surface area contributed by atoms with E-state index in [4.69, 9.17) is 4.74 Å². The maximum atomic E-state index is 9.90. The topological polar surface area (TPSA) is 41.5 Å². The Kier molecular flexibility index (Phi) is 4.53. The van der Waals surface area contributed by atoms with Crippen LogP contribution in [0.1, 0.15) is 23.6 Å². The summed E-state index contributed by atoms with van der Waals surface area (Å²) in [5.74, 6) is 0.817. The molecule has 0 fully saturated rings. The number of rotatable bonds is 5. The molecule has 0 aliphatic rings. The lowest BCUT2D eigenvalue weighted by Crippen LogP contribution is -2.36. The van der Waals surface area contributed by atoms with Crippen LogP contribution in [-0.2, 0) is 5.54 Å². The van der Waals surface area contributed by atoms with Crippen LogP contribution in [-0.4, -0.2) is 18.8 Å². The van der Waals surface area contributed by atoms with Crippen molar-refractivity contribution in [1.29, 1.82) is 0 Å². The van der Waals surface area contributed by atoms with E-state index in [9.17, 15) is 5.11 Å². The van der Waals surface area contributed by atoms with Crippen LogP contribution < -0.4 is 10.1 Å². The molecule has 1 atom stereocenters. The van der Waals surface area contributed by atoms with Crippen molar-refractivity contribution in [3.63, 3.8) is 0 Å². The van der Waals surface area contributed by atoms with Crippen LogP contribution in [0.4, 0.5) is 5.69 Å². The van der Waals surface area contributed by atoms with Gasteiger partial charge in [0.2, 0.25) is 0 Å². The summed E-state index contributed by atoms with van der Waals surface area (Å²) >= 11 is 0. The number of aliphatic hydroxyl groups excluding tert-OH is 1. The van der Waals surface area contributed by atoms with Crippen LogP contribution in [0.2, 0.25) is 0 Å². The van der Waals surface area contributed by atoms with Gasteiger partial charge < -0.3 is 15.2 Å². The molecule has 0 radical (unpaired) electrons. The summed E-state index contributed by atoms with van der Waals surface area (Å²) in [5.41, 5.74) is 3.90. The predicted molar refractivity (Wildman–Crippen MR) is 87.0 cm³/mol. The Bertz CT molecular complexity index is 587. The van der Waals surface area contributed by atoms with Crippen molar-refractivity contribution in [2.45, 2.75) is 26.3 Å². The molecule has 0 aliphatic heterocycles. The number of methoxy groups -OCH3 is 1. The first-order valence-corrected chi connectivity index (χ1v) is 7.09. The first-order chi connectivity index (χ1) is 9.96. The van der Waals surface area contributed by atoms with E-state index < -0.39 is 5.54 Å². The summed E-state index contributed by atoms with van der Waals surface area (Å²) < 4.78 is 5.16. The molecular formula is C18H23NO2. The van der Waals surface area contributed by atoms with E-state index in [2.05, 4.69) is 37.4 Å². The summed E-state index contributed by atoms with van der Waals surface area (Å²) in [6.07, 6.45) is 0. The number of aryl methyl sites for hydroxylation is 2. The molecule has 21 heavy (non-hydrogen) atoms. The molecule has 3 heteroatoms. The van der Waals surface area contributed by atoms with Crippen molar-refractivity contribution >= 4 is 5.69 Å². The van der Waals surface area contributed by atoms with Gasteiger partial charge in [-0.2, -0.15) is 0 Å². The Labute approximate surface area is 126 Å². The molecule has 0 aliphatic carbocycles. The number of hydrogen-bond acceptors (Lipinski definition) is 3. The Hall–Kier alpha value is -2.00. The van der Waals surface area contributed by atoms with Crippen LogP contribution in [0.15, 0.2) is 42.5 Å². The lowest BCUT2D eigenvalue weighted by molar-refractivity contribution is 0.224. The lowest BCUT2D eigenvalue weighted by atomic mass is 9.90. The van der Waals surface area contributed by atoms with Crippen molar-refractivity contribution in [2.24, 2.45) is 0 Å². The third kappa shape index (κ3) is 3.56. The minimum Gasteiger partial charge on any atom is -0.497 e. The van der Waals surface area contributed by atoms with Gasteiger partial charge >= 0.3 is 0 Å². The van der Waals surface area contributed by atoms with Crippen LogP contribution >= 0.6 is 0 Å². The highest BCUT2D eigenvalue weighted by Gasteiger charge is 2.26. The molecule has 0 amide bonds. The number of aliphatic hydroxyl groups is 1. The minimum atomic E-state index is -0.522. The first kappa shape index (κ1) is 15.4. The minimum absolute atomic E-state index is 0.0158. The average molecular weight is 285 g/mol. The smallest absolute Gasteiger partial charge is 0.119 e. The van der Waals surface area contributed by atoms with Gasteiger partial charge in [0.25, 0.3) is 0 Å². The molecule has 2 aromatic rings. The number of ether oxygens (including phenoxy) is 1. The van der Waals surface area contributed by atoms with Gasteiger partial charge in [0.15, 0.2) is 0 Å². The van der Waals surface area contributed by atoms with Gasteiger partial charge in [-0.25, -0.2) is 0 Å². The Morgan fingerprint density at radius 1 is 1.05 bits per heavy atom. The fraction of sp³-hybridized carbons (Fsp3) is 0.333. The Morgan fingerprint density at radius 3 is 2.10 bits per heavy atom. The highest BCUT2D eigenvalue weighted by molar-refractivity contribution is 5.50. The summed E-state index contributed by atoms with van der Waals surface area (Å²) in [5, 5.41) is 13.3. The molecule has 112 valence electrons. The fourth-order valence-electron chi connectivity index (χ4n) is 2.49. The predicted octanol–water partition coefficient (Wildman–Crippen LogP) is 3.63. The third-order valence-electron chi connectivity index (χ3n) is 3.69. The van der Waals surface area contributed by atoms with E-state index in [0.717, 1.165) is 17.0 Å². The molecule has 0 saturated heterocycles. The summed E-state index contributed by atoms with van der Waals surface area (Å²) in [4.78, 5) is 0. The zero-order chi connectivity index (χ0) is 15.5. The molecule has 0 aromatic heterocycles. The normalized spacial score (nSPS) is 13.6. The van der Waals surface area contributed by atoms with E-state index in [1.165, 1.54) is 11.1 Å². The summed E-state index contributed by atoms with van der Waals surface area (Å²) in [7, 11) is 1.65. The van der Waals surface area contributed by atoms with Gasteiger partial charge in [0, 0.05) is 5.69 Å². The van der Waals surface area contributed by atoms with Crippen molar-refractivity contribution in [1.82, 2.24) is 0 Å². The third-order valence-corrected chi connectivity index (χ3v) is 3.69. The second-order valence-corrected chi connectivity index (χ2v) is 5.72. The van der Waals surface area contributed by atoms with Gasteiger partial charge in [-0.1, -0.05) is 29.3 Å². The molecule has 1 unspecified atom stereocenters. The largest absolute Gasteiger partial charge is 0.497 e. The van der Waals surface area contributed by atoms with Crippen LogP contribution in [0.25, 0.3) is 0 Å². The molecule has 2 aromatic carbocycles. The second kappa shape index (κ2) is 6.19. The molecule has 0 heterocycles. The van der Waals surface area contributed by atoms with E-state index >= 15 is 0 Å². The van der Waals surface area contributed by atoms with Crippen LogP contribution in [0, 0.1) is 13.8 Å². The number of anilines is 1. The number of hydrogen-bond donors (Lipinski definition) is 2. The average Bonchev–Trinajstić information content (AvgIpc) is 2.47. The zero-order valence-corrected chi connectivity index (χ0v) is 13.1. The molecule has 0 spiro atoms. The van der Waals surface area contributed by atoms with Crippen molar-refractivity contribution in [2.75, 3.05) is 19.0 Å². The van der Waals surface area contributed by atoms with Crippen molar-refractivity contribution < 1.29 is 9.84 Å². The molecular weight excluding hydrogens is 262 g/mol. The first-order valence-electron chi connectivity index (χ1n) is 7.09. The van der Waals surface area contributed by atoms with Crippen molar-refractivity contribution in [3.8, 4) is 5.75 Å². The summed E-state index contributed by atoms with van der Waals surface area (Å²) in [6, 6.07) is 14.1. The lowest BCUT2D eigenvalue weighted by Gasteiger charge is -2.31. The number of nitrogens with one attached hydrogen (secondary N) is 1. The zero-order valence-electron chi connectivity index (χ0n) is 13.1. The monoisotopic (exact) mass is 285 g/mol. The maximum Gasteiger partial charge on any atom is 0.119 e. The quantitative estimate of drug-likeness (QED) is 0.881. The molecule has 0 saturated carbocycles. The van der Waals surface area contributed by atoms with E-state index in [1.54, 1.807) is 7.11 Å². The summed E-state index contributed by atoms with van der Waals surface area (Å²) in [6.45, 7) is 6.16. The fourth-order valence-corrected chi connectivity index (χ4v) is 2.49. The van der Waals surface area contributed by atoms with E-state index in [-0.39, 0.29) is 6.61 Å². The highest BCUT2D eigenvalue weighted by atomic mass is 16.5. The highest BCUT2D eigenvalue weighted by Crippen LogP contribution is 2.28. The molecule has 0 bridgehead atoms. The maximum absolute atomic E-state index is 9.90. The van der Waals surface area contributed by atoms with Gasteiger partial charge in [-0.15, -0.1) is 0 Å². The molecule has 2 rings (SSSR count). The SMILES string of the molecule is COc1ccc(NC(C)(CO)c2cc(C)cc(C)c2)cc1. The van der Waals surface area contributed by atoms with Gasteiger partial charge in [-0.05, 0) is 50.6 Å². The van der Waals surface area contributed by atoms with E-state index in [1.807, 2.05) is 31.2 Å². The van der Waals surface area contributed by atoms with Crippen LogP contribution in [0.5, 0.6) is 5.75 Å². The van der Waals surface area contributed by atoms with Gasteiger partial charge in [-0.3, -0.25) is 0 Å². The molecule has 3 nitrogen and oxygen atoms in total. The van der Waals surface area contributed by atoms with Crippen molar-refractivity contribution in [3.05, 3.63) is 59.2 Å². The molecule has 2 N–H and O–H groups in total. The number of benzene rings is 2. The standard InChI is InChI=1S/C18H23NO2/c1-13-9-14(2)11-15(10-13)18(3,12-20)19-16-5-7-17(21-4)8-6-16/h5-11,19-20H,12H2,1-4H3. The Balaban J connectivity index is 2.31. The van der Waals surface area contributed by atoms with E-state index in [0.29, 0.717) is 0 Å².